The number of ether oxygens (including phenoxy) is 1. The average Bonchev–Trinajstić information content (AvgIpc) is 2.39. The van der Waals surface area contributed by atoms with Gasteiger partial charge in [0.2, 0.25) is 5.88 Å². The maximum absolute atomic E-state index is 10.7. The molecule has 14 heavy (non-hydrogen) atoms. The standard InChI is InChI=1S/C9H10N2O3/c12-9(13)7-5-14-8-6(4-11-7)2-1-3-10-8/h1-3,7,11H,4-5H2,(H,12,13). The number of nitrogens with zero attached hydrogens (tertiary/aromatic N) is 1. The third kappa shape index (κ3) is 1.67. The van der Waals surface area contributed by atoms with Crippen LogP contribution < -0.4 is 10.1 Å². The van der Waals surface area contributed by atoms with Crippen molar-refractivity contribution in [3.63, 3.8) is 0 Å². The quantitative estimate of drug-likeness (QED) is 0.659. The zero-order valence-electron chi connectivity index (χ0n) is 7.43. The number of carbonyl (C=O) groups is 1. The van der Waals surface area contributed by atoms with Gasteiger partial charge in [0, 0.05) is 18.3 Å². The lowest BCUT2D eigenvalue weighted by Gasteiger charge is -2.08. The van der Waals surface area contributed by atoms with Gasteiger partial charge in [0.25, 0.3) is 0 Å². The van der Waals surface area contributed by atoms with E-state index in [4.69, 9.17) is 9.84 Å². The van der Waals surface area contributed by atoms with E-state index in [0.29, 0.717) is 12.4 Å². The Balaban J connectivity index is 2.18. The highest BCUT2D eigenvalue weighted by Crippen LogP contribution is 2.16. The molecule has 1 unspecified atom stereocenters. The zero-order valence-corrected chi connectivity index (χ0v) is 7.43. The summed E-state index contributed by atoms with van der Waals surface area (Å²) in [5.74, 6) is -0.387. The van der Waals surface area contributed by atoms with Gasteiger partial charge < -0.3 is 9.84 Å². The minimum Gasteiger partial charge on any atom is -0.480 e. The number of aliphatic carboxylic acids is 1. The van der Waals surface area contributed by atoms with Gasteiger partial charge in [-0.15, -0.1) is 0 Å². The first-order valence-corrected chi connectivity index (χ1v) is 4.30. The van der Waals surface area contributed by atoms with Gasteiger partial charge in [-0.25, -0.2) is 4.98 Å². The Hall–Kier alpha value is -1.62. The lowest BCUT2D eigenvalue weighted by Crippen LogP contribution is -2.39. The molecule has 2 N–H and O–H groups in total. The fourth-order valence-electron chi connectivity index (χ4n) is 1.30. The molecule has 0 aromatic carbocycles. The lowest BCUT2D eigenvalue weighted by atomic mass is 10.2. The lowest BCUT2D eigenvalue weighted by molar-refractivity contribution is -0.140. The highest BCUT2D eigenvalue weighted by atomic mass is 16.5. The number of carboxylic acid groups (broad SMARTS) is 1. The molecule has 1 aliphatic rings. The SMILES string of the molecule is O=C(O)C1COc2ncccc2CN1. The largest absolute Gasteiger partial charge is 0.480 e. The van der Waals surface area contributed by atoms with Crippen molar-refractivity contribution < 1.29 is 14.6 Å². The summed E-state index contributed by atoms with van der Waals surface area (Å²) in [6.45, 7) is 0.583. The van der Waals surface area contributed by atoms with Crippen molar-refractivity contribution in [1.82, 2.24) is 10.3 Å². The van der Waals surface area contributed by atoms with Crippen molar-refractivity contribution >= 4 is 5.97 Å². The Morgan fingerprint density at radius 2 is 2.57 bits per heavy atom. The van der Waals surface area contributed by atoms with Crippen LogP contribution in [-0.2, 0) is 11.3 Å². The summed E-state index contributed by atoms with van der Waals surface area (Å²) in [7, 11) is 0. The van der Waals surface area contributed by atoms with E-state index >= 15 is 0 Å². The van der Waals surface area contributed by atoms with Crippen LogP contribution in [-0.4, -0.2) is 28.7 Å². The molecule has 0 radical (unpaired) electrons. The fourth-order valence-corrected chi connectivity index (χ4v) is 1.30. The van der Waals surface area contributed by atoms with E-state index in [1.807, 2.05) is 6.07 Å². The molecule has 2 heterocycles. The highest BCUT2D eigenvalue weighted by molar-refractivity contribution is 5.73. The molecule has 0 saturated heterocycles. The summed E-state index contributed by atoms with van der Waals surface area (Å²) in [4.78, 5) is 14.7. The van der Waals surface area contributed by atoms with E-state index in [1.165, 1.54) is 0 Å². The molecule has 1 aromatic rings. The molecule has 0 spiro atoms. The Morgan fingerprint density at radius 3 is 3.36 bits per heavy atom. The number of nitrogens with one attached hydrogen (secondary N) is 1. The predicted octanol–water partition coefficient (Wildman–Crippen LogP) is 0.0168. The molecule has 1 aliphatic heterocycles. The van der Waals surface area contributed by atoms with Crippen LogP contribution in [0.3, 0.4) is 0 Å². The van der Waals surface area contributed by atoms with Crippen molar-refractivity contribution in [2.45, 2.75) is 12.6 Å². The van der Waals surface area contributed by atoms with Gasteiger partial charge in [-0.1, -0.05) is 6.07 Å². The molecule has 0 aliphatic carbocycles. The first kappa shape index (κ1) is 8.96. The predicted molar refractivity (Wildman–Crippen MR) is 48.0 cm³/mol. The summed E-state index contributed by atoms with van der Waals surface area (Å²) in [5.41, 5.74) is 0.885. The van der Waals surface area contributed by atoms with Gasteiger partial charge >= 0.3 is 5.97 Å². The van der Waals surface area contributed by atoms with Crippen LogP contribution in [0, 0.1) is 0 Å². The molecule has 74 valence electrons. The first-order valence-electron chi connectivity index (χ1n) is 4.30. The number of hydrogen-bond acceptors (Lipinski definition) is 4. The average molecular weight is 194 g/mol. The third-order valence-electron chi connectivity index (χ3n) is 2.07. The Kier molecular flexibility index (Phi) is 2.32. The summed E-state index contributed by atoms with van der Waals surface area (Å²) in [6.07, 6.45) is 1.62. The van der Waals surface area contributed by atoms with E-state index in [9.17, 15) is 4.79 Å². The van der Waals surface area contributed by atoms with Crippen LogP contribution >= 0.6 is 0 Å². The van der Waals surface area contributed by atoms with E-state index < -0.39 is 12.0 Å². The third-order valence-corrected chi connectivity index (χ3v) is 2.07. The van der Waals surface area contributed by atoms with E-state index in [0.717, 1.165) is 5.56 Å². The summed E-state index contributed by atoms with van der Waals surface area (Å²) in [6, 6.07) is 2.99. The number of hydrogen-bond donors (Lipinski definition) is 2. The van der Waals surface area contributed by atoms with Crippen molar-refractivity contribution in [1.29, 1.82) is 0 Å². The van der Waals surface area contributed by atoms with Crippen LogP contribution in [0.15, 0.2) is 18.3 Å². The van der Waals surface area contributed by atoms with Crippen LogP contribution in [0.2, 0.25) is 0 Å². The van der Waals surface area contributed by atoms with Crippen LogP contribution in [0.5, 0.6) is 5.88 Å². The summed E-state index contributed by atoms with van der Waals surface area (Å²) < 4.78 is 5.27. The van der Waals surface area contributed by atoms with Crippen molar-refractivity contribution in [3.8, 4) is 5.88 Å². The van der Waals surface area contributed by atoms with Crippen LogP contribution in [0.25, 0.3) is 0 Å². The Bertz CT molecular complexity index is 327. The fraction of sp³-hybridized carbons (Fsp3) is 0.333. The maximum atomic E-state index is 10.7. The van der Waals surface area contributed by atoms with Crippen LogP contribution in [0.4, 0.5) is 0 Å². The molecule has 1 atom stereocenters. The molecular formula is C9H10N2O3. The van der Waals surface area contributed by atoms with E-state index in [2.05, 4.69) is 10.3 Å². The molecule has 5 heteroatoms. The van der Waals surface area contributed by atoms with Gasteiger partial charge in [-0.05, 0) is 6.07 Å². The monoisotopic (exact) mass is 194 g/mol. The molecule has 1 aromatic heterocycles. The maximum Gasteiger partial charge on any atom is 0.324 e. The van der Waals surface area contributed by atoms with E-state index in [1.54, 1.807) is 12.3 Å². The first-order chi connectivity index (χ1) is 6.77. The second-order valence-electron chi connectivity index (χ2n) is 3.05. The number of pyridine rings is 1. The van der Waals surface area contributed by atoms with Gasteiger partial charge in [-0.2, -0.15) is 0 Å². The van der Waals surface area contributed by atoms with Crippen molar-refractivity contribution in [2.75, 3.05) is 6.61 Å². The minimum atomic E-state index is -0.905. The Labute approximate surface area is 80.7 Å². The topological polar surface area (TPSA) is 71.5 Å². The van der Waals surface area contributed by atoms with Gasteiger partial charge in [0.1, 0.15) is 12.6 Å². The smallest absolute Gasteiger partial charge is 0.324 e. The number of carboxylic acids is 1. The van der Waals surface area contributed by atoms with Crippen LogP contribution in [0.1, 0.15) is 5.56 Å². The highest BCUT2D eigenvalue weighted by Gasteiger charge is 2.22. The zero-order chi connectivity index (χ0) is 9.97. The van der Waals surface area contributed by atoms with Gasteiger partial charge in [0.05, 0.1) is 0 Å². The normalized spacial score (nSPS) is 20.4. The molecule has 0 fully saturated rings. The summed E-state index contributed by atoms with van der Waals surface area (Å²) >= 11 is 0. The molecule has 0 saturated carbocycles. The number of rotatable bonds is 1. The van der Waals surface area contributed by atoms with Gasteiger partial charge in [0.15, 0.2) is 0 Å². The second-order valence-corrected chi connectivity index (χ2v) is 3.05. The molecular weight excluding hydrogens is 184 g/mol. The number of fused-ring (bicyclic) bond motifs is 1. The number of aromatic nitrogens is 1. The van der Waals surface area contributed by atoms with Crippen molar-refractivity contribution in [2.24, 2.45) is 0 Å². The molecule has 0 amide bonds. The van der Waals surface area contributed by atoms with Gasteiger partial charge in [-0.3, -0.25) is 10.1 Å². The summed E-state index contributed by atoms with van der Waals surface area (Å²) in [5, 5.41) is 11.7. The molecule has 0 bridgehead atoms. The molecule has 2 rings (SSSR count). The second kappa shape index (κ2) is 3.63. The van der Waals surface area contributed by atoms with Crippen molar-refractivity contribution in [3.05, 3.63) is 23.9 Å². The minimum absolute atomic E-state index is 0.110. The van der Waals surface area contributed by atoms with E-state index in [-0.39, 0.29) is 6.61 Å². The molecule has 5 nitrogen and oxygen atoms in total. The Morgan fingerprint density at radius 1 is 1.71 bits per heavy atom.